The number of aromatic nitrogens is 1. The monoisotopic (exact) mass is 491 g/mol. The summed E-state index contributed by atoms with van der Waals surface area (Å²) >= 11 is 0. The van der Waals surface area contributed by atoms with Crippen LogP contribution in [0.3, 0.4) is 0 Å². The minimum absolute atomic E-state index is 0.238. The van der Waals surface area contributed by atoms with Gasteiger partial charge in [0, 0.05) is 28.1 Å². The van der Waals surface area contributed by atoms with Crippen molar-refractivity contribution in [2.45, 2.75) is 13.3 Å². The number of carbonyl (C=O) groups excluding carboxylic acids is 2. The van der Waals surface area contributed by atoms with E-state index in [9.17, 15) is 9.59 Å². The van der Waals surface area contributed by atoms with Crippen LogP contribution in [0.5, 0.6) is 5.75 Å². The number of hydrogen-bond acceptors (Lipinski definition) is 5. The molecule has 0 saturated heterocycles. The van der Waals surface area contributed by atoms with Gasteiger partial charge in [-0.1, -0.05) is 19.1 Å². The molecular formula is C30H25N3O4. The molecule has 0 aliphatic rings. The largest absolute Gasteiger partial charge is 0.494 e. The first-order valence-corrected chi connectivity index (χ1v) is 12.0. The van der Waals surface area contributed by atoms with E-state index in [0.29, 0.717) is 35.0 Å². The third-order valence-corrected chi connectivity index (χ3v) is 5.68. The van der Waals surface area contributed by atoms with E-state index < -0.39 is 0 Å². The van der Waals surface area contributed by atoms with Gasteiger partial charge in [0.2, 0.25) is 5.89 Å². The summed E-state index contributed by atoms with van der Waals surface area (Å²) in [4.78, 5) is 29.7. The Bertz CT molecular complexity index is 1490. The SMILES string of the molecule is CCCOc1ccc(C(=O)Nc2ccc(C(=O)Nc3ccc(-c4nc5ccccc5o4)cc3)cc2)cc1. The molecule has 7 nitrogen and oxygen atoms in total. The maximum absolute atomic E-state index is 12.7. The van der Waals surface area contributed by atoms with Gasteiger partial charge in [-0.15, -0.1) is 0 Å². The lowest BCUT2D eigenvalue weighted by molar-refractivity contribution is 0.102. The molecule has 7 heteroatoms. The third-order valence-electron chi connectivity index (χ3n) is 5.68. The Morgan fingerprint density at radius 3 is 1.92 bits per heavy atom. The molecule has 0 aliphatic carbocycles. The van der Waals surface area contributed by atoms with Crippen molar-refractivity contribution in [3.05, 3.63) is 108 Å². The first-order valence-electron chi connectivity index (χ1n) is 12.0. The van der Waals surface area contributed by atoms with Crippen LogP contribution >= 0.6 is 0 Å². The van der Waals surface area contributed by atoms with Gasteiger partial charge >= 0.3 is 0 Å². The molecule has 2 N–H and O–H groups in total. The van der Waals surface area contributed by atoms with Crippen molar-refractivity contribution in [1.29, 1.82) is 0 Å². The van der Waals surface area contributed by atoms with Gasteiger partial charge in [0.25, 0.3) is 11.8 Å². The quantitative estimate of drug-likeness (QED) is 0.249. The summed E-state index contributed by atoms with van der Waals surface area (Å²) in [6.45, 7) is 2.67. The zero-order chi connectivity index (χ0) is 25.6. The lowest BCUT2D eigenvalue weighted by Crippen LogP contribution is -2.13. The van der Waals surface area contributed by atoms with Crippen molar-refractivity contribution >= 4 is 34.3 Å². The molecule has 184 valence electrons. The van der Waals surface area contributed by atoms with Crippen molar-refractivity contribution in [3.63, 3.8) is 0 Å². The minimum atomic E-state index is -0.254. The second-order valence-corrected chi connectivity index (χ2v) is 8.42. The number of para-hydroxylation sites is 2. The number of hydrogen-bond donors (Lipinski definition) is 2. The molecule has 5 aromatic rings. The molecule has 0 atom stereocenters. The molecule has 5 rings (SSSR count). The Hall–Kier alpha value is -4.91. The number of benzene rings is 4. The fraction of sp³-hybridized carbons (Fsp3) is 0.100. The third kappa shape index (κ3) is 5.67. The molecule has 0 saturated carbocycles. The fourth-order valence-electron chi connectivity index (χ4n) is 3.73. The van der Waals surface area contributed by atoms with Crippen LogP contribution in [0.15, 0.2) is 101 Å². The molecule has 1 heterocycles. The zero-order valence-electron chi connectivity index (χ0n) is 20.2. The smallest absolute Gasteiger partial charge is 0.255 e. The Morgan fingerprint density at radius 2 is 1.32 bits per heavy atom. The molecule has 0 unspecified atom stereocenters. The number of carbonyl (C=O) groups is 2. The Morgan fingerprint density at radius 1 is 0.757 bits per heavy atom. The summed E-state index contributed by atoms with van der Waals surface area (Å²) in [5, 5.41) is 5.72. The van der Waals surface area contributed by atoms with E-state index in [-0.39, 0.29) is 11.8 Å². The lowest BCUT2D eigenvalue weighted by atomic mass is 10.1. The Balaban J connectivity index is 1.18. The van der Waals surface area contributed by atoms with Gasteiger partial charge in [0.15, 0.2) is 5.58 Å². The van der Waals surface area contributed by atoms with Crippen molar-refractivity contribution in [3.8, 4) is 17.2 Å². The van der Waals surface area contributed by atoms with Crippen molar-refractivity contribution in [2.24, 2.45) is 0 Å². The molecule has 0 bridgehead atoms. The van der Waals surface area contributed by atoms with Crippen LogP contribution in [-0.2, 0) is 0 Å². The average Bonchev–Trinajstić information content (AvgIpc) is 3.37. The molecule has 4 aromatic carbocycles. The number of amides is 2. The van der Waals surface area contributed by atoms with Crippen LogP contribution in [0.25, 0.3) is 22.6 Å². The van der Waals surface area contributed by atoms with Gasteiger partial charge < -0.3 is 19.8 Å². The standard InChI is InChI=1S/C30H25N3O4/c1-2-19-36-25-17-11-21(12-18-25)29(35)31-23-13-7-20(8-14-23)28(34)32-24-15-9-22(10-16-24)30-33-26-5-3-4-6-27(26)37-30/h3-18H,2,19H2,1H3,(H,31,35)(H,32,34). The predicted molar refractivity (Wildman–Crippen MR) is 144 cm³/mol. The second-order valence-electron chi connectivity index (χ2n) is 8.42. The van der Waals surface area contributed by atoms with Gasteiger partial charge in [-0.05, 0) is 91.3 Å². The highest BCUT2D eigenvalue weighted by Crippen LogP contribution is 2.25. The molecule has 0 aliphatic heterocycles. The number of ether oxygens (including phenoxy) is 1. The summed E-state index contributed by atoms with van der Waals surface area (Å²) < 4.78 is 11.3. The van der Waals surface area contributed by atoms with Gasteiger partial charge in [0.1, 0.15) is 11.3 Å². The normalized spacial score (nSPS) is 10.7. The number of nitrogens with one attached hydrogen (secondary N) is 2. The van der Waals surface area contributed by atoms with E-state index in [1.165, 1.54) is 0 Å². The molecule has 0 radical (unpaired) electrons. The number of rotatable bonds is 8. The second kappa shape index (κ2) is 10.8. The number of fused-ring (bicyclic) bond motifs is 1. The first-order chi connectivity index (χ1) is 18.1. The van der Waals surface area contributed by atoms with Gasteiger partial charge in [-0.25, -0.2) is 4.98 Å². The maximum atomic E-state index is 12.7. The topological polar surface area (TPSA) is 93.5 Å². The molecule has 0 spiro atoms. The molecule has 1 aromatic heterocycles. The minimum Gasteiger partial charge on any atom is -0.494 e. The van der Waals surface area contributed by atoms with E-state index in [2.05, 4.69) is 15.6 Å². The average molecular weight is 492 g/mol. The van der Waals surface area contributed by atoms with Crippen LogP contribution in [0.2, 0.25) is 0 Å². The summed E-state index contributed by atoms with van der Waals surface area (Å²) in [7, 11) is 0. The number of anilines is 2. The van der Waals surface area contributed by atoms with Crippen LogP contribution in [0.4, 0.5) is 11.4 Å². The summed E-state index contributed by atoms with van der Waals surface area (Å²) in [5.41, 5.74) is 4.57. The van der Waals surface area contributed by atoms with E-state index in [1.54, 1.807) is 60.7 Å². The lowest BCUT2D eigenvalue weighted by Gasteiger charge is -2.09. The summed E-state index contributed by atoms with van der Waals surface area (Å²) in [5.74, 6) is 0.764. The van der Waals surface area contributed by atoms with E-state index in [4.69, 9.17) is 9.15 Å². The van der Waals surface area contributed by atoms with Crippen molar-refractivity contribution in [1.82, 2.24) is 4.98 Å². The molecule has 2 amide bonds. The highest BCUT2D eigenvalue weighted by atomic mass is 16.5. The van der Waals surface area contributed by atoms with Gasteiger partial charge in [-0.3, -0.25) is 9.59 Å². The van der Waals surface area contributed by atoms with Crippen molar-refractivity contribution in [2.75, 3.05) is 17.2 Å². The predicted octanol–water partition coefficient (Wildman–Crippen LogP) is 6.79. The summed E-state index contributed by atoms with van der Waals surface area (Å²) in [6.07, 6.45) is 0.920. The Labute approximate surface area is 214 Å². The van der Waals surface area contributed by atoms with Gasteiger partial charge in [0.05, 0.1) is 6.61 Å². The fourth-order valence-corrected chi connectivity index (χ4v) is 3.73. The number of oxazole rings is 1. The zero-order valence-corrected chi connectivity index (χ0v) is 20.2. The van der Waals surface area contributed by atoms with E-state index >= 15 is 0 Å². The number of nitrogens with zero attached hydrogens (tertiary/aromatic N) is 1. The summed E-state index contributed by atoms with van der Waals surface area (Å²) in [6, 6.07) is 28.6. The molecule has 37 heavy (non-hydrogen) atoms. The van der Waals surface area contributed by atoms with Crippen LogP contribution < -0.4 is 15.4 Å². The molecule has 0 fully saturated rings. The maximum Gasteiger partial charge on any atom is 0.255 e. The van der Waals surface area contributed by atoms with Crippen LogP contribution in [0.1, 0.15) is 34.1 Å². The highest BCUT2D eigenvalue weighted by molar-refractivity contribution is 6.06. The van der Waals surface area contributed by atoms with Crippen molar-refractivity contribution < 1.29 is 18.7 Å². The van der Waals surface area contributed by atoms with E-state index in [1.807, 2.05) is 43.3 Å². The molecular weight excluding hydrogens is 466 g/mol. The first kappa shape index (κ1) is 23.8. The van der Waals surface area contributed by atoms with E-state index in [0.717, 1.165) is 28.8 Å². The van der Waals surface area contributed by atoms with Gasteiger partial charge in [-0.2, -0.15) is 0 Å². The van der Waals surface area contributed by atoms with Crippen LogP contribution in [-0.4, -0.2) is 23.4 Å². The Kier molecular flexibility index (Phi) is 6.94. The highest BCUT2D eigenvalue weighted by Gasteiger charge is 2.11. The van der Waals surface area contributed by atoms with Crippen LogP contribution in [0, 0.1) is 0 Å².